The maximum Gasteiger partial charge on any atom is 0.250 e. The molecule has 0 saturated carbocycles. The Labute approximate surface area is 118 Å². The van der Waals surface area contributed by atoms with Gasteiger partial charge in [0.1, 0.15) is 17.9 Å². The maximum absolute atomic E-state index is 14.1. The normalized spacial score (nSPS) is 22.9. The zero-order valence-electron chi connectivity index (χ0n) is 11.9. The average molecular weight is 278 g/mol. The van der Waals surface area contributed by atoms with Crippen LogP contribution in [0.5, 0.6) is 0 Å². The van der Waals surface area contributed by atoms with Gasteiger partial charge in [0.15, 0.2) is 0 Å². The lowest BCUT2D eigenvalue weighted by Gasteiger charge is -2.37. The number of amides is 2. The van der Waals surface area contributed by atoms with E-state index in [2.05, 4.69) is 5.32 Å². The topological polar surface area (TPSA) is 49.4 Å². The van der Waals surface area contributed by atoms with Crippen molar-refractivity contribution in [1.82, 2.24) is 5.32 Å². The second-order valence-electron chi connectivity index (χ2n) is 5.19. The molecule has 1 heterocycles. The van der Waals surface area contributed by atoms with Gasteiger partial charge in [-0.1, -0.05) is 19.4 Å². The quantitative estimate of drug-likeness (QED) is 0.921. The fourth-order valence-electron chi connectivity index (χ4n) is 2.45. The van der Waals surface area contributed by atoms with E-state index in [-0.39, 0.29) is 17.5 Å². The summed E-state index contributed by atoms with van der Waals surface area (Å²) in [6.07, 6.45) is 1.33. The molecule has 4 nitrogen and oxygen atoms in total. The van der Waals surface area contributed by atoms with E-state index < -0.39 is 17.9 Å². The number of carbonyl (C=O) groups excluding carboxylic acids is 2. The predicted octanol–water partition coefficient (Wildman–Crippen LogP) is 2.15. The number of piperazine rings is 1. The van der Waals surface area contributed by atoms with Gasteiger partial charge in [-0.3, -0.25) is 14.5 Å². The molecule has 2 atom stereocenters. The third kappa shape index (κ3) is 2.53. The van der Waals surface area contributed by atoms with Crippen LogP contribution in [0.25, 0.3) is 0 Å². The first-order valence-electron chi connectivity index (χ1n) is 6.85. The van der Waals surface area contributed by atoms with Crippen LogP contribution in [0.2, 0.25) is 0 Å². The smallest absolute Gasteiger partial charge is 0.250 e. The van der Waals surface area contributed by atoms with Crippen molar-refractivity contribution in [3.8, 4) is 0 Å². The second kappa shape index (κ2) is 5.61. The van der Waals surface area contributed by atoms with Crippen molar-refractivity contribution in [2.45, 2.75) is 45.7 Å². The first kappa shape index (κ1) is 14.5. The number of rotatable bonds is 3. The molecule has 1 saturated heterocycles. The fraction of sp³-hybridized carbons (Fsp3) is 0.467. The third-order valence-corrected chi connectivity index (χ3v) is 3.56. The molecule has 0 bridgehead atoms. The minimum absolute atomic E-state index is 0.170. The van der Waals surface area contributed by atoms with Crippen molar-refractivity contribution < 1.29 is 14.0 Å². The number of benzene rings is 1. The molecule has 1 N–H and O–H groups in total. The average Bonchev–Trinajstić information content (AvgIpc) is 2.39. The van der Waals surface area contributed by atoms with Crippen LogP contribution < -0.4 is 10.2 Å². The lowest BCUT2D eigenvalue weighted by atomic mass is 10.0. The van der Waals surface area contributed by atoms with Crippen LogP contribution in [-0.2, 0) is 9.59 Å². The highest BCUT2D eigenvalue weighted by Gasteiger charge is 2.39. The van der Waals surface area contributed by atoms with E-state index in [9.17, 15) is 14.0 Å². The summed E-state index contributed by atoms with van der Waals surface area (Å²) >= 11 is 0. The van der Waals surface area contributed by atoms with Crippen molar-refractivity contribution in [2.75, 3.05) is 4.90 Å². The lowest BCUT2D eigenvalue weighted by molar-refractivity contribution is -0.133. The van der Waals surface area contributed by atoms with Crippen molar-refractivity contribution in [1.29, 1.82) is 0 Å². The molecular weight excluding hydrogens is 259 g/mol. The molecule has 108 valence electrons. The van der Waals surface area contributed by atoms with Gasteiger partial charge in [0.25, 0.3) is 0 Å². The van der Waals surface area contributed by atoms with Gasteiger partial charge >= 0.3 is 0 Å². The second-order valence-corrected chi connectivity index (χ2v) is 5.19. The Morgan fingerprint density at radius 2 is 2.05 bits per heavy atom. The molecule has 0 radical (unpaired) electrons. The minimum atomic E-state index is -0.701. The van der Waals surface area contributed by atoms with Gasteiger partial charge in [-0.15, -0.1) is 0 Å². The number of halogens is 1. The number of hydrogen-bond acceptors (Lipinski definition) is 2. The van der Waals surface area contributed by atoms with Gasteiger partial charge in [0.2, 0.25) is 11.8 Å². The number of aryl methyl sites for hydroxylation is 1. The van der Waals surface area contributed by atoms with E-state index in [1.807, 2.05) is 6.92 Å². The standard InChI is InChI=1S/C15H19FN2O2/c1-4-5-12-15(20)18(10(3)14(19)17-12)13-7-6-9(2)8-11(13)16/h6-8,10,12H,4-5H2,1-3H3,(H,17,19). The molecule has 1 aliphatic rings. The summed E-state index contributed by atoms with van der Waals surface area (Å²) in [4.78, 5) is 25.7. The number of nitrogens with zero attached hydrogens (tertiary/aromatic N) is 1. The molecule has 1 aromatic carbocycles. The number of anilines is 1. The molecule has 1 fully saturated rings. The van der Waals surface area contributed by atoms with E-state index in [0.717, 1.165) is 12.0 Å². The summed E-state index contributed by atoms with van der Waals surface area (Å²) in [7, 11) is 0. The highest BCUT2D eigenvalue weighted by molar-refractivity contribution is 6.08. The van der Waals surface area contributed by atoms with Crippen molar-refractivity contribution >= 4 is 17.5 Å². The summed E-state index contributed by atoms with van der Waals surface area (Å²) < 4.78 is 14.1. The minimum Gasteiger partial charge on any atom is -0.342 e. The Bertz CT molecular complexity index is 545. The van der Waals surface area contributed by atoms with Gasteiger partial charge in [0, 0.05) is 0 Å². The number of hydrogen-bond donors (Lipinski definition) is 1. The third-order valence-electron chi connectivity index (χ3n) is 3.56. The summed E-state index contributed by atoms with van der Waals surface area (Å²) in [5.41, 5.74) is 0.946. The summed E-state index contributed by atoms with van der Waals surface area (Å²) in [5, 5.41) is 2.69. The van der Waals surface area contributed by atoms with Gasteiger partial charge in [-0.2, -0.15) is 0 Å². The Balaban J connectivity index is 2.40. The Morgan fingerprint density at radius 1 is 1.35 bits per heavy atom. The van der Waals surface area contributed by atoms with Crippen molar-refractivity contribution in [3.05, 3.63) is 29.6 Å². The highest BCUT2D eigenvalue weighted by Crippen LogP contribution is 2.26. The van der Waals surface area contributed by atoms with Crippen LogP contribution in [-0.4, -0.2) is 23.9 Å². The first-order valence-corrected chi connectivity index (χ1v) is 6.85. The monoisotopic (exact) mass is 278 g/mol. The lowest BCUT2D eigenvalue weighted by Crippen LogP contribution is -2.62. The molecule has 1 aliphatic heterocycles. The number of nitrogens with one attached hydrogen (secondary N) is 1. The van der Waals surface area contributed by atoms with Crippen LogP contribution in [0.3, 0.4) is 0 Å². The molecule has 2 rings (SSSR count). The van der Waals surface area contributed by atoms with Gasteiger partial charge < -0.3 is 5.32 Å². The van der Waals surface area contributed by atoms with Crippen molar-refractivity contribution in [2.24, 2.45) is 0 Å². The van der Waals surface area contributed by atoms with Crippen LogP contribution in [0, 0.1) is 12.7 Å². The van der Waals surface area contributed by atoms with Gasteiger partial charge in [-0.05, 0) is 38.0 Å². The van der Waals surface area contributed by atoms with E-state index >= 15 is 0 Å². The van der Waals surface area contributed by atoms with E-state index in [4.69, 9.17) is 0 Å². The zero-order valence-corrected chi connectivity index (χ0v) is 11.9. The molecule has 1 aromatic rings. The summed E-state index contributed by atoms with van der Waals surface area (Å²) in [6.45, 7) is 5.32. The predicted molar refractivity (Wildman–Crippen MR) is 74.9 cm³/mol. The first-order chi connectivity index (χ1) is 9.45. The van der Waals surface area contributed by atoms with E-state index in [0.29, 0.717) is 6.42 Å². The Morgan fingerprint density at radius 3 is 2.65 bits per heavy atom. The molecule has 2 amide bonds. The Hall–Kier alpha value is -1.91. The highest BCUT2D eigenvalue weighted by atomic mass is 19.1. The van der Waals surface area contributed by atoms with Crippen LogP contribution in [0.15, 0.2) is 18.2 Å². The zero-order chi connectivity index (χ0) is 14.9. The molecule has 20 heavy (non-hydrogen) atoms. The largest absolute Gasteiger partial charge is 0.342 e. The van der Waals surface area contributed by atoms with Crippen LogP contribution in [0.1, 0.15) is 32.3 Å². The van der Waals surface area contributed by atoms with Gasteiger partial charge in [0.05, 0.1) is 5.69 Å². The molecular formula is C15H19FN2O2. The van der Waals surface area contributed by atoms with Gasteiger partial charge in [-0.25, -0.2) is 4.39 Å². The summed E-state index contributed by atoms with van der Waals surface area (Å²) in [5.74, 6) is -0.972. The SMILES string of the molecule is CCCC1NC(=O)C(C)N(c2ccc(C)cc2F)C1=O. The molecule has 0 aromatic heterocycles. The summed E-state index contributed by atoms with van der Waals surface area (Å²) in [6, 6.07) is 3.40. The van der Waals surface area contributed by atoms with Crippen LogP contribution in [0.4, 0.5) is 10.1 Å². The number of carbonyl (C=O) groups is 2. The molecule has 2 unspecified atom stereocenters. The van der Waals surface area contributed by atoms with E-state index in [1.54, 1.807) is 26.0 Å². The van der Waals surface area contributed by atoms with E-state index in [1.165, 1.54) is 11.0 Å². The Kier molecular flexibility index (Phi) is 4.06. The van der Waals surface area contributed by atoms with Crippen LogP contribution >= 0.6 is 0 Å². The molecule has 0 spiro atoms. The maximum atomic E-state index is 14.1. The fourth-order valence-corrected chi connectivity index (χ4v) is 2.45. The molecule has 5 heteroatoms. The van der Waals surface area contributed by atoms with Crippen molar-refractivity contribution in [3.63, 3.8) is 0 Å². The molecule has 0 aliphatic carbocycles.